The van der Waals surface area contributed by atoms with E-state index < -0.39 is 12.1 Å². The largest absolute Gasteiger partial charge is 0.493 e. The van der Waals surface area contributed by atoms with E-state index in [0.717, 1.165) is 33.7 Å². The van der Waals surface area contributed by atoms with Gasteiger partial charge in [0.25, 0.3) is 0 Å². The lowest BCUT2D eigenvalue weighted by Gasteiger charge is -2.39. The van der Waals surface area contributed by atoms with Crippen molar-refractivity contribution in [2.45, 2.75) is 19.1 Å². The summed E-state index contributed by atoms with van der Waals surface area (Å²) in [5, 5.41) is 7.89. The number of nitrogens with zero attached hydrogens (tertiary/aromatic N) is 3. The summed E-state index contributed by atoms with van der Waals surface area (Å²) >= 11 is 0. The monoisotopic (exact) mass is 470 g/mol. The van der Waals surface area contributed by atoms with E-state index in [2.05, 4.69) is 21.5 Å². The second-order valence-electron chi connectivity index (χ2n) is 8.52. The molecule has 2 aliphatic rings. The van der Waals surface area contributed by atoms with Crippen LogP contribution in [-0.4, -0.2) is 29.0 Å². The molecule has 0 aliphatic carbocycles. The van der Waals surface area contributed by atoms with Gasteiger partial charge in [-0.1, -0.05) is 35.9 Å². The van der Waals surface area contributed by atoms with E-state index in [1.54, 1.807) is 31.0 Å². The van der Waals surface area contributed by atoms with Crippen LogP contribution in [0.15, 0.2) is 72.6 Å². The Bertz CT molecular complexity index is 1480. The highest BCUT2D eigenvalue weighted by Crippen LogP contribution is 2.51. The van der Waals surface area contributed by atoms with Crippen LogP contribution in [0.2, 0.25) is 0 Å². The van der Waals surface area contributed by atoms with E-state index in [9.17, 15) is 0 Å². The molecule has 176 valence electrons. The van der Waals surface area contributed by atoms with Crippen LogP contribution in [0, 0.1) is 12.7 Å². The van der Waals surface area contributed by atoms with E-state index in [-0.39, 0.29) is 5.82 Å². The second kappa shape index (κ2) is 8.16. The molecule has 3 heterocycles. The SMILES string of the molecule is COc1ccc([C@H]2Oc3ccc(C)cc3C3=C2[C@@H](c2ccccc2F)n2ncnc2N3)cc1OC. The number of fused-ring (bicyclic) bond motifs is 3. The molecule has 1 aromatic heterocycles. The zero-order chi connectivity index (χ0) is 24.1. The molecular weight excluding hydrogens is 447 g/mol. The van der Waals surface area contributed by atoms with Crippen LogP contribution in [0.5, 0.6) is 17.2 Å². The highest BCUT2D eigenvalue weighted by Gasteiger charge is 2.42. The van der Waals surface area contributed by atoms with Gasteiger partial charge in [0, 0.05) is 22.3 Å². The maximum atomic E-state index is 15.3. The lowest BCUT2D eigenvalue weighted by Crippen LogP contribution is -2.33. The third-order valence-electron chi connectivity index (χ3n) is 6.48. The van der Waals surface area contributed by atoms with Crippen LogP contribution in [-0.2, 0) is 0 Å². The Balaban J connectivity index is 1.63. The number of rotatable bonds is 4. The molecule has 0 fully saturated rings. The molecule has 35 heavy (non-hydrogen) atoms. The zero-order valence-corrected chi connectivity index (χ0v) is 19.4. The predicted octanol–water partition coefficient (Wildman–Crippen LogP) is 5.30. The minimum absolute atomic E-state index is 0.325. The van der Waals surface area contributed by atoms with Crippen molar-refractivity contribution in [1.29, 1.82) is 0 Å². The van der Waals surface area contributed by atoms with Gasteiger partial charge in [0.05, 0.1) is 19.9 Å². The minimum Gasteiger partial charge on any atom is -0.493 e. The molecule has 0 amide bonds. The number of methoxy groups -OCH3 is 2. The quantitative estimate of drug-likeness (QED) is 0.436. The summed E-state index contributed by atoms with van der Waals surface area (Å²) in [5.74, 6) is 2.13. The van der Waals surface area contributed by atoms with Crippen LogP contribution >= 0.6 is 0 Å². The van der Waals surface area contributed by atoms with Gasteiger partial charge >= 0.3 is 0 Å². The van der Waals surface area contributed by atoms with Crippen molar-refractivity contribution in [2.75, 3.05) is 19.5 Å². The minimum atomic E-state index is -0.572. The first-order valence-electron chi connectivity index (χ1n) is 11.2. The van der Waals surface area contributed by atoms with Crippen molar-refractivity contribution >= 4 is 11.6 Å². The number of aromatic nitrogens is 3. The Hall–Kier alpha value is -4.33. The molecule has 6 rings (SSSR count). The molecule has 1 N–H and O–H groups in total. The molecule has 0 saturated carbocycles. The van der Waals surface area contributed by atoms with E-state index in [0.29, 0.717) is 23.0 Å². The number of aryl methyl sites for hydroxylation is 1. The fourth-order valence-electron chi connectivity index (χ4n) is 4.87. The molecule has 2 aliphatic heterocycles. The molecule has 0 radical (unpaired) electrons. The van der Waals surface area contributed by atoms with E-state index in [1.807, 2.05) is 43.3 Å². The summed E-state index contributed by atoms with van der Waals surface area (Å²) in [6.07, 6.45) is 0.924. The van der Waals surface area contributed by atoms with Crippen molar-refractivity contribution in [3.8, 4) is 17.2 Å². The van der Waals surface area contributed by atoms with Crippen molar-refractivity contribution in [2.24, 2.45) is 0 Å². The normalized spacial score (nSPS) is 18.1. The highest BCUT2D eigenvalue weighted by atomic mass is 19.1. The van der Waals surface area contributed by atoms with Gasteiger partial charge in [0.15, 0.2) is 11.5 Å². The van der Waals surface area contributed by atoms with Gasteiger partial charge in [0.2, 0.25) is 5.95 Å². The van der Waals surface area contributed by atoms with Crippen molar-refractivity contribution in [3.05, 3.63) is 101 Å². The van der Waals surface area contributed by atoms with Crippen LogP contribution in [0.3, 0.4) is 0 Å². The third kappa shape index (κ3) is 3.32. The first-order valence-corrected chi connectivity index (χ1v) is 11.2. The lowest BCUT2D eigenvalue weighted by atomic mass is 9.84. The summed E-state index contributed by atoms with van der Waals surface area (Å²) < 4.78 is 34.6. The third-order valence-corrected chi connectivity index (χ3v) is 6.48. The van der Waals surface area contributed by atoms with Gasteiger partial charge in [0.1, 0.15) is 30.0 Å². The van der Waals surface area contributed by atoms with E-state index in [4.69, 9.17) is 14.2 Å². The zero-order valence-electron chi connectivity index (χ0n) is 19.4. The first-order chi connectivity index (χ1) is 17.1. The molecule has 8 heteroatoms. The Kier molecular flexibility index (Phi) is 4.95. The first kappa shape index (κ1) is 21.2. The molecule has 0 saturated heterocycles. The average molecular weight is 471 g/mol. The summed E-state index contributed by atoms with van der Waals surface area (Å²) in [4.78, 5) is 4.40. The Morgan fingerprint density at radius 1 is 1.00 bits per heavy atom. The molecule has 0 bridgehead atoms. The summed E-state index contributed by atoms with van der Waals surface area (Å²) in [6, 6.07) is 17.9. The number of hydrogen-bond acceptors (Lipinski definition) is 6. The summed E-state index contributed by atoms with van der Waals surface area (Å²) in [5.41, 5.74) is 4.97. The van der Waals surface area contributed by atoms with E-state index >= 15 is 4.39 Å². The smallest absolute Gasteiger partial charge is 0.226 e. The number of ether oxygens (including phenoxy) is 3. The maximum absolute atomic E-state index is 15.3. The van der Waals surface area contributed by atoms with Gasteiger partial charge in [-0.25, -0.2) is 9.07 Å². The molecule has 0 spiro atoms. The number of halogens is 1. The Morgan fingerprint density at radius 2 is 1.83 bits per heavy atom. The molecule has 2 atom stereocenters. The predicted molar refractivity (Wildman–Crippen MR) is 129 cm³/mol. The van der Waals surface area contributed by atoms with Crippen molar-refractivity contribution in [3.63, 3.8) is 0 Å². The molecular formula is C27H23FN4O3. The van der Waals surface area contributed by atoms with Crippen LogP contribution in [0.4, 0.5) is 10.3 Å². The van der Waals surface area contributed by atoms with Crippen LogP contribution < -0.4 is 19.5 Å². The molecule has 7 nitrogen and oxygen atoms in total. The molecule has 4 aromatic rings. The molecule has 0 unspecified atom stereocenters. The van der Waals surface area contributed by atoms with Gasteiger partial charge < -0.3 is 19.5 Å². The van der Waals surface area contributed by atoms with Crippen LogP contribution in [0.1, 0.15) is 34.4 Å². The van der Waals surface area contributed by atoms with E-state index in [1.165, 1.54) is 12.4 Å². The average Bonchev–Trinajstić information content (AvgIpc) is 3.35. The number of hydrogen-bond donors (Lipinski definition) is 1. The standard InChI is InChI=1S/C27H23FN4O3/c1-15-8-10-20-18(12-15)24-23(26(35-20)16-9-11-21(33-2)22(13-16)34-3)25(17-6-4-5-7-19(17)28)32-27(31-24)29-14-30-32/h4-14,25-26H,1-3H3,(H,29,30,31)/t25-,26-/m1/s1. The van der Waals surface area contributed by atoms with Gasteiger partial charge in [-0.05, 0) is 37.3 Å². The molecule has 3 aromatic carbocycles. The summed E-state index contributed by atoms with van der Waals surface area (Å²) in [6.45, 7) is 2.03. The van der Waals surface area contributed by atoms with Gasteiger partial charge in [-0.3, -0.25) is 0 Å². The lowest BCUT2D eigenvalue weighted by molar-refractivity contribution is 0.221. The van der Waals surface area contributed by atoms with Gasteiger partial charge in [-0.2, -0.15) is 10.1 Å². The Labute approximate surface area is 201 Å². The number of anilines is 1. The van der Waals surface area contributed by atoms with Gasteiger partial charge in [-0.15, -0.1) is 0 Å². The number of nitrogens with one attached hydrogen (secondary N) is 1. The maximum Gasteiger partial charge on any atom is 0.226 e. The topological polar surface area (TPSA) is 70.4 Å². The second-order valence-corrected chi connectivity index (χ2v) is 8.52. The van der Waals surface area contributed by atoms with Crippen molar-refractivity contribution in [1.82, 2.24) is 14.8 Å². The fraction of sp³-hybridized carbons (Fsp3) is 0.185. The number of benzene rings is 3. The fourth-order valence-corrected chi connectivity index (χ4v) is 4.87. The van der Waals surface area contributed by atoms with Crippen molar-refractivity contribution < 1.29 is 18.6 Å². The highest BCUT2D eigenvalue weighted by molar-refractivity contribution is 5.85. The Morgan fingerprint density at radius 3 is 2.63 bits per heavy atom. The van der Waals surface area contributed by atoms with Crippen LogP contribution in [0.25, 0.3) is 5.70 Å². The summed E-state index contributed by atoms with van der Waals surface area (Å²) in [7, 11) is 3.19.